The van der Waals surface area contributed by atoms with Crippen molar-refractivity contribution in [3.05, 3.63) is 50.9 Å². The normalized spacial score (nSPS) is 14.5. The number of carbonyl (C=O) groups excluding carboxylic acids is 1. The molecule has 0 saturated heterocycles. The van der Waals surface area contributed by atoms with Crippen LogP contribution in [0.4, 0.5) is 5.00 Å². The molecule has 1 amide bonds. The fourth-order valence-corrected chi connectivity index (χ4v) is 5.23. The summed E-state index contributed by atoms with van der Waals surface area (Å²) in [4.78, 5) is 20.4. The number of amides is 1. The van der Waals surface area contributed by atoms with Gasteiger partial charge < -0.3 is 0 Å². The van der Waals surface area contributed by atoms with Crippen molar-refractivity contribution >= 4 is 43.9 Å². The fraction of sp³-hybridized carbons (Fsp3) is 0.368. The second-order valence-electron chi connectivity index (χ2n) is 6.26. The number of anilines is 1. The Morgan fingerprint density at radius 2 is 2.00 bits per heavy atom. The summed E-state index contributed by atoms with van der Waals surface area (Å²) >= 11 is 5.28. The topological polar surface area (TPSA) is 32.7 Å². The minimum atomic E-state index is 0.0652. The van der Waals surface area contributed by atoms with Gasteiger partial charge in [-0.2, -0.15) is 0 Å². The molecule has 3 nitrogen and oxygen atoms in total. The summed E-state index contributed by atoms with van der Waals surface area (Å²) in [7, 11) is 0. The molecule has 24 heavy (non-hydrogen) atoms. The summed E-state index contributed by atoms with van der Waals surface area (Å²) < 4.78 is 0. The van der Waals surface area contributed by atoms with Gasteiger partial charge in [0.15, 0.2) is 0 Å². The highest BCUT2D eigenvalue weighted by molar-refractivity contribution is 9.08. The van der Waals surface area contributed by atoms with Crippen molar-refractivity contribution < 1.29 is 4.79 Å². The number of rotatable bonds is 3. The van der Waals surface area contributed by atoms with Crippen LogP contribution in [0, 0.1) is 20.8 Å². The van der Waals surface area contributed by atoms with E-state index < -0.39 is 0 Å². The van der Waals surface area contributed by atoms with E-state index in [4.69, 9.17) is 0 Å². The maximum absolute atomic E-state index is 12.7. The molecular formula is C19H21BrN2OS. The number of alkyl halides is 1. The average Bonchev–Trinajstić information content (AvgIpc) is 2.82. The Kier molecular flexibility index (Phi) is 4.92. The van der Waals surface area contributed by atoms with Gasteiger partial charge in [0, 0.05) is 21.5 Å². The van der Waals surface area contributed by atoms with Crippen molar-refractivity contribution in [1.29, 1.82) is 0 Å². The Labute approximate surface area is 155 Å². The summed E-state index contributed by atoms with van der Waals surface area (Å²) in [6, 6.07) is 6.41. The molecule has 0 saturated carbocycles. The van der Waals surface area contributed by atoms with Crippen LogP contribution in [0.25, 0.3) is 0 Å². The number of hydrogen-bond acceptors (Lipinski definition) is 3. The van der Waals surface area contributed by atoms with E-state index in [0.717, 1.165) is 21.6 Å². The van der Waals surface area contributed by atoms with Crippen LogP contribution in [-0.2, 0) is 16.7 Å². The summed E-state index contributed by atoms with van der Waals surface area (Å²) in [6.45, 7) is 9.14. The van der Waals surface area contributed by atoms with Gasteiger partial charge in [0.1, 0.15) is 11.5 Å². The van der Waals surface area contributed by atoms with E-state index in [1.54, 1.807) is 11.3 Å². The molecule has 0 radical (unpaired) electrons. The Morgan fingerprint density at radius 1 is 1.25 bits per heavy atom. The van der Waals surface area contributed by atoms with Gasteiger partial charge in [-0.3, -0.25) is 14.7 Å². The zero-order valence-electron chi connectivity index (χ0n) is 14.4. The summed E-state index contributed by atoms with van der Waals surface area (Å²) in [6.07, 6.45) is 0. The van der Waals surface area contributed by atoms with Crippen LogP contribution in [-0.4, -0.2) is 18.2 Å². The third-order valence-corrected chi connectivity index (χ3v) is 6.24. The third kappa shape index (κ3) is 3.07. The van der Waals surface area contributed by atoms with E-state index >= 15 is 0 Å². The molecule has 0 atom stereocenters. The molecule has 0 N–H and O–H groups in total. The maximum Gasteiger partial charge on any atom is 0.249 e. The fourth-order valence-electron chi connectivity index (χ4n) is 3.10. The lowest BCUT2D eigenvalue weighted by Crippen LogP contribution is -2.31. The highest BCUT2D eigenvalue weighted by Gasteiger charge is 2.28. The highest BCUT2D eigenvalue weighted by atomic mass is 79.9. The quantitative estimate of drug-likeness (QED) is 0.667. The van der Waals surface area contributed by atoms with Crippen molar-refractivity contribution in [3.8, 4) is 0 Å². The number of carbonyl (C=O) groups is 1. The van der Waals surface area contributed by atoms with Crippen molar-refractivity contribution in [2.75, 3.05) is 11.4 Å². The van der Waals surface area contributed by atoms with Crippen molar-refractivity contribution in [2.45, 2.75) is 39.6 Å². The smallest absolute Gasteiger partial charge is 0.249 e. The highest BCUT2D eigenvalue weighted by Crippen LogP contribution is 2.39. The van der Waals surface area contributed by atoms with Gasteiger partial charge >= 0.3 is 0 Å². The van der Waals surface area contributed by atoms with Crippen LogP contribution in [0.3, 0.4) is 0 Å². The van der Waals surface area contributed by atoms with Crippen molar-refractivity contribution in [2.24, 2.45) is 4.99 Å². The SMILES string of the molecule is CC1=NCC(=O)N(Cc2ccc(C)cc2C)c2sc(C)c(CBr)c21. The van der Waals surface area contributed by atoms with Crippen LogP contribution in [0.2, 0.25) is 0 Å². The molecule has 0 fully saturated rings. The largest absolute Gasteiger partial charge is 0.297 e. The molecule has 1 aromatic carbocycles. The number of thiophene rings is 1. The lowest BCUT2D eigenvalue weighted by molar-refractivity contribution is -0.117. The van der Waals surface area contributed by atoms with E-state index in [0.29, 0.717) is 6.54 Å². The first-order chi connectivity index (χ1) is 11.4. The molecule has 1 aliphatic rings. The van der Waals surface area contributed by atoms with Crippen LogP contribution in [0.15, 0.2) is 23.2 Å². The molecule has 2 aromatic rings. The molecule has 0 aliphatic carbocycles. The molecule has 0 spiro atoms. The van der Waals surface area contributed by atoms with Crippen LogP contribution >= 0.6 is 27.3 Å². The number of fused-ring (bicyclic) bond motifs is 1. The van der Waals surface area contributed by atoms with E-state index in [9.17, 15) is 4.79 Å². The molecular weight excluding hydrogens is 384 g/mol. The lowest BCUT2D eigenvalue weighted by atomic mass is 10.0. The van der Waals surface area contributed by atoms with Crippen molar-refractivity contribution in [1.82, 2.24) is 0 Å². The predicted octanol–water partition coefficient (Wildman–Crippen LogP) is 4.92. The first-order valence-corrected chi connectivity index (χ1v) is 9.92. The van der Waals surface area contributed by atoms with E-state index in [-0.39, 0.29) is 12.5 Å². The van der Waals surface area contributed by atoms with Gasteiger partial charge in [0.25, 0.3) is 0 Å². The summed E-state index contributed by atoms with van der Waals surface area (Å²) in [5, 5.41) is 1.81. The van der Waals surface area contributed by atoms with Crippen LogP contribution in [0.5, 0.6) is 0 Å². The van der Waals surface area contributed by atoms with Gasteiger partial charge in [-0.25, -0.2) is 0 Å². The summed E-state index contributed by atoms with van der Waals surface area (Å²) in [5.41, 5.74) is 6.99. The predicted molar refractivity (Wildman–Crippen MR) is 106 cm³/mol. The Hall–Kier alpha value is -1.46. The standard InChI is InChI=1S/C19H21BrN2OS/c1-11-5-6-15(12(2)7-11)10-22-17(23)9-21-13(3)18-16(8-20)14(4)24-19(18)22/h5-7H,8-10H2,1-4H3. The molecule has 0 bridgehead atoms. The molecule has 1 aliphatic heterocycles. The van der Waals surface area contributed by atoms with Gasteiger partial charge in [-0.1, -0.05) is 39.7 Å². The minimum Gasteiger partial charge on any atom is -0.297 e. The van der Waals surface area contributed by atoms with E-state index in [1.807, 2.05) is 11.8 Å². The van der Waals surface area contributed by atoms with Gasteiger partial charge in [0.2, 0.25) is 5.91 Å². The Morgan fingerprint density at radius 3 is 2.67 bits per heavy atom. The maximum atomic E-state index is 12.7. The van der Waals surface area contributed by atoms with Gasteiger partial charge in [0.05, 0.1) is 6.54 Å². The molecule has 1 aromatic heterocycles. The molecule has 2 heterocycles. The van der Waals surface area contributed by atoms with Crippen LogP contribution < -0.4 is 4.90 Å². The summed E-state index contributed by atoms with van der Waals surface area (Å²) in [5.74, 6) is 0.0652. The number of nitrogens with zero attached hydrogens (tertiary/aromatic N) is 2. The zero-order chi connectivity index (χ0) is 17.4. The van der Waals surface area contributed by atoms with Crippen molar-refractivity contribution in [3.63, 3.8) is 0 Å². The third-order valence-electron chi connectivity index (χ3n) is 4.51. The first-order valence-electron chi connectivity index (χ1n) is 7.98. The zero-order valence-corrected chi connectivity index (χ0v) is 16.8. The molecule has 3 rings (SSSR count). The van der Waals surface area contributed by atoms with E-state index in [2.05, 4.69) is 59.9 Å². The monoisotopic (exact) mass is 404 g/mol. The number of hydrogen-bond donors (Lipinski definition) is 0. The number of benzene rings is 1. The van der Waals surface area contributed by atoms with E-state index in [1.165, 1.54) is 27.1 Å². The average molecular weight is 405 g/mol. The molecule has 5 heteroatoms. The first kappa shape index (κ1) is 17.4. The minimum absolute atomic E-state index is 0.0652. The number of aliphatic imine (C=N–C) groups is 1. The molecule has 126 valence electrons. The number of aryl methyl sites for hydroxylation is 3. The molecule has 0 unspecified atom stereocenters. The second kappa shape index (κ2) is 6.81. The number of halogens is 1. The Bertz CT molecular complexity index is 838. The Balaban J connectivity index is 2.08. The van der Waals surface area contributed by atoms with Gasteiger partial charge in [-0.15, -0.1) is 11.3 Å². The van der Waals surface area contributed by atoms with Crippen LogP contribution in [0.1, 0.15) is 39.6 Å². The lowest BCUT2D eigenvalue weighted by Gasteiger charge is -2.22. The second-order valence-corrected chi connectivity index (χ2v) is 8.03. The van der Waals surface area contributed by atoms with Gasteiger partial charge in [-0.05, 0) is 44.4 Å².